The first-order valence-electron chi connectivity index (χ1n) is 10.3. The summed E-state index contributed by atoms with van der Waals surface area (Å²) >= 11 is 0. The molecule has 0 bridgehead atoms. The van der Waals surface area contributed by atoms with Gasteiger partial charge in [-0.05, 0) is 36.4 Å². The number of hydrogen-bond acceptors (Lipinski definition) is 5. The first-order chi connectivity index (χ1) is 14.9. The van der Waals surface area contributed by atoms with Crippen molar-refractivity contribution in [3.05, 3.63) is 59.7 Å². The fourth-order valence-corrected chi connectivity index (χ4v) is 5.08. The Balaban J connectivity index is 1.66. The van der Waals surface area contributed by atoms with E-state index in [1.807, 2.05) is 43.4 Å². The first-order valence-corrected chi connectivity index (χ1v) is 11.7. The Hall–Kier alpha value is -2.62. The van der Waals surface area contributed by atoms with Gasteiger partial charge in [-0.3, -0.25) is 4.99 Å². The van der Waals surface area contributed by atoms with E-state index in [0.29, 0.717) is 42.6 Å². The van der Waals surface area contributed by atoms with Crippen molar-refractivity contribution < 1.29 is 13.2 Å². The Kier molecular flexibility index (Phi) is 7.89. The fourth-order valence-electron chi connectivity index (χ4n) is 3.44. The van der Waals surface area contributed by atoms with Gasteiger partial charge < -0.3 is 20.3 Å². The lowest BCUT2D eigenvalue weighted by Crippen LogP contribution is -2.47. The predicted octanol–water partition coefficient (Wildman–Crippen LogP) is 1.50. The van der Waals surface area contributed by atoms with Crippen molar-refractivity contribution in [2.75, 3.05) is 47.4 Å². The van der Waals surface area contributed by atoms with Gasteiger partial charge in [0.15, 0.2) is 5.96 Å². The highest BCUT2D eigenvalue weighted by atomic mass is 32.2. The van der Waals surface area contributed by atoms with Crippen molar-refractivity contribution in [3.63, 3.8) is 0 Å². The van der Waals surface area contributed by atoms with Crippen molar-refractivity contribution in [3.8, 4) is 5.75 Å². The molecule has 8 nitrogen and oxygen atoms in total. The van der Waals surface area contributed by atoms with E-state index < -0.39 is 10.0 Å². The van der Waals surface area contributed by atoms with Crippen LogP contribution in [0.3, 0.4) is 0 Å². The second-order valence-electron chi connectivity index (χ2n) is 7.45. The van der Waals surface area contributed by atoms with Crippen LogP contribution in [0.25, 0.3) is 0 Å². The molecule has 0 radical (unpaired) electrons. The Labute approximate surface area is 185 Å². The largest absolute Gasteiger partial charge is 0.497 e. The van der Waals surface area contributed by atoms with Crippen LogP contribution < -0.4 is 15.4 Å². The smallest absolute Gasteiger partial charge is 0.243 e. The topological polar surface area (TPSA) is 86.3 Å². The van der Waals surface area contributed by atoms with Gasteiger partial charge in [0.05, 0.1) is 12.0 Å². The molecule has 2 aromatic carbocycles. The predicted molar refractivity (Wildman–Crippen MR) is 123 cm³/mol. The Bertz CT molecular complexity index is 1000. The molecule has 2 aromatic rings. The molecular weight excluding hydrogens is 414 g/mol. The lowest BCUT2D eigenvalue weighted by atomic mass is 10.2. The maximum atomic E-state index is 13.2. The number of ether oxygens (including phenoxy) is 1. The minimum Gasteiger partial charge on any atom is -0.497 e. The van der Waals surface area contributed by atoms with Crippen LogP contribution in [0.15, 0.2) is 58.4 Å². The summed E-state index contributed by atoms with van der Waals surface area (Å²) in [4.78, 5) is 6.73. The maximum Gasteiger partial charge on any atom is 0.243 e. The number of benzene rings is 2. The van der Waals surface area contributed by atoms with Gasteiger partial charge in [-0.1, -0.05) is 30.3 Å². The number of piperazine rings is 1. The zero-order chi connectivity index (χ0) is 22.3. The summed E-state index contributed by atoms with van der Waals surface area (Å²) in [6, 6.07) is 14.9. The molecule has 2 N–H and O–H groups in total. The van der Waals surface area contributed by atoms with Gasteiger partial charge in [-0.2, -0.15) is 4.31 Å². The Morgan fingerprint density at radius 2 is 1.74 bits per heavy atom. The summed E-state index contributed by atoms with van der Waals surface area (Å²) in [7, 11) is 1.79. The van der Waals surface area contributed by atoms with Crippen molar-refractivity contribution in [1.82, 2.24) is 19.8 Å². The van der Waals surface area contributed by atoms with Gasteiger partial charge in [-0.15, -0.1) is 0 Å². The quantitative estimate of drug-likeness (QED) is 0.496. The van der Waals surface area contributed by atoms with Gasteiger partial charge in [0, 0.05) is 46.3 Å². The third-order valence-corrected chi connectivity index (χ3v) is 7.32. The number of hydrogen-bond donors (Lipinski definition) is 2. The highest BCUT2D eigenvalue weighted by Crippen LogP contribution is 2.21. The van der Waals surface area contributed by atoms with Crippen molar-refractivity contribution in [1.29, 1.82) is 0 Å². The minimum atomic E-state index is -3.54. The normalized spacial score (nSPS) is 16.2. The molecule has 168 valence electrons. The van der Waals surface area contributed by atoms with Crippen LogP contribution >= 0.6 is 0 Å². The Morgan fingerprint density at radius 3 is 2.45 bits per heavy atom. The molecular formula is C22H31N5O3S. The van der Waals surface area contributed by atoms with Gasteiger partial charge in [0.1, 0.15) is 5.75 Å². The summed E-state index contributed by atoms with van der Waals surface area (Å²) in [5.41, 5.74) is 1.77. The number of nitrogens with one attached hydrogen (secondary N) is 2. The molecule has 9 heteroatoms. The average Bonchev–Trinajstić information content (AvgIpc) is 2.80. The SMILES string of the molecule is CN=C(NCc1cccc(OC)c1)NCc1ccccc1S(=O)(=O)N1CCN(C)CC1. The van der Waals surface area contributed by atoms with Gasteiger partial charge in [0.25, 0.3) is 0 Å². The van der Waals surface area contributed by atoms with Crippen LogP contribution in [0.2, 0.25) is 0 Å². The maximum absolute atomic E-state index is 13.2. The number of sulfonamides is 1. The molecule has 1 heterocycles. The second kappa shape index (κ2) is 10.6. The van der Waals surface area contributed by atoms with Crippen molar-refractivity contribution in [2.45, 2.75) is 18.0 Å². The van der Waals surface area contributed by atoms with Crippen LogP contribution in [0, 0.1) is 0 Å². The molecule has 1 fully saturated rings. The number of methoxy groups -OCH3 is 1. The molecule has 1 aliphatic heterocycles. The van der Waals surface area contributed by atoms with Crippen LogP contribution in [0.5, 0.6) is 5.75 Å². The molecule has 0 amide bonds. The monoisotopic (exact) mass is 445 g/mol. The van der Waals surface area contributed by atoms with Gasteiger partial charge in [-0.25, -0.2) is 8.42 Å². The lowest BCUT2D eigenvalue weighted by molar-refractivity contribution is 0.222. The molecule has 0 saturated carbocycles. The zero-order valence-electron chi connectivity index (χ0n) is 18.3. The molecule has 31 heavy (non-hydrogen) atoms. The standard InChI is InChI=1S/C22H31N5O3S/c1-23-22(24-16-18-7-6-9-20(15-18)30-3)25-17-19-8-4-5-10-21(19)31(28,29)27-13-11-26(2)12-14-27/h4-10,15H,11-14,16-17H2,1-3H3,(H2,23,24,25). The summed E-state index contributed by atoms with van der Waals surface area (Å²) in [6.07, 6.45) is 0. The molecule has 0 unspecified atom stereocenters. The molecule has 1 aliphatic rings. The van der Waals surface area contributed by atoms with Gasteiger partial charge in [0.2, 0.25) is 10.0 Å². The average molecular weight is 446 g/mol. The van der Waals surface area contributed by atoms with Crippen LogP contribution in [0.4, 0.5) is 0 Å². The molecule has 0 aliphatic carbocycles. The molecule has 0 atom stereocenters. The molecule has 0 aromatic heterocycles. The number of nitrogens with zero attached hydrogens (tertiary/aromatic N) is 3. The highest BCUT2D eigenvalue weighted by Gasteiger charge is 2.29. The lowest BCUT2D eigenvalue weighted by Gasteiger charge is -2.32. The van der Waals surface area contributed by atoms with E-state index >= 15 is 0 Å². The Morgan fingerprint density at radius 1 is 1.03 bits per heavy atom. The third-order valence-electron chi connectivity index (χ3n) is 5.32. The third kappa shape index (κ3) is 5.96. The van der Waals surface area contributed by atoms with E-state index in [1.54, 1.807) is 30.6 Å². The summed E-state index contributed by atoms with van der Waals surface area (Å²) in [5.74, 6) is 1.39. The number of rotatable bonds is 7. The van der Waals surface area contributed by atoms with E-state index in [1.165, 1.54) is 0 Å². The van der Waals surface area contributed by atoms with Crippen molar-refractivity contribution >= 4 is 16.0 Å². The number of guanidine groups is 1. The fraction of sp³-hybridized carbons (Fsp3) is 0.409. The van der Waals surface area contributed by atoms with Gasteiger partial charge >= 0.3 is 0 Å². The summed E-state index contributed by atoms with van der Waals surface area (Å²) in [6.45, 7) is 3.40. The summed E-state index contributed by atoms with van der Waals surface area (Å²) in [5, 5.41) is 6.48. The first kappa shape index (κ1) is 23.1. The highest BCUT2D eigenvalue weighted by molar-refractivity contribution is 7.89. The van der Waals surface area contributed by atoms with E-state index in [0.717, 1.165) is 24.4 Å². The van der Waals surface area contributed by atoms with Crippen LogP contribution in [-0.2, 0) is 23.1 Å². The molecule has 1 saturated heterocycles. The minimum absolute atomic E-state index is 0.343. The van der Waals surface area contributed by atoms with E-state index in [4.69, 9.17) is 4.74 Å². The zero-order valence-corrected chi connectivity index (χ0v) is 19.2. The molecule has 3 rings (SSSR count). The van der Waals surface area contributed by atoms with Crippen LogP contribution in [0.1, 0.15) is 11.1 Å². The molecule has 0 spiro atoms. The van der Waals surface area contributed by atoms with E-state index in [2.05, 4.69) is 20.5 Å². The van der Waals surface area contributed by atoms with E-state index in [9.17, 15) is 8.42 Å². The second-order valence-corrected chi connectivity index (χ2v) is 9.35. The van der Waals surface area contributed by atoms with E-state index in [-0.39, 0.29) is 0 Å². The van der Waals surface area contributed by atoms with Crippen LogP contribution in [-0.4, -0.2) is 71.0 Å². The summed E-state index contributed by atoms with van der Waals surface area (Å²) < 4.78 is 33.3. The van der Waals surface area contributed by atoms with Crippen molar-refractivity contribution in [2.24, 2.45) is 4.99 Å². The number of aliphatic imine (C=N–C) groups is 1. The number of likely N-dealkylation sites (N-methyl/N-ethyl adjacent to an activating group) is 1.